The van der Waals surface area contributed by atoms with Gasteiger partial charge in [-0.15, -0.1) is 10.2 Å². The number of carbonyl (C=O) groups excluding carboxylic acids is 1. The standard InChI is InChI=1S/C17H21N5O3S/c1-2-26(24,25)21-9-12-8-15-19-20-16(22(15)11-13(12)10-21)17(23)18-14-6-4-3-5-7-14/h3-7,12-13H,2,8-11H2,1H3,(H,18,23)/t12-,13+/m1/s1. The summed E-state index contributed by atoms with van der Waals surface area (Å²) in [6.07, 6.45) is 0.645. The summed E-state index contributed by atoms with van der Waals surface area (Å²) in [5.41, 5.74) is 0.699. The Morgan fingerprint density at radius 1 is 1.15 bits per heavy atom. The Hall–Kier alpha value is -2.26. The minimum atomic E-state index is -3.18. The number of benzene rings is 1. The van der Waals surface area contributed by atoms with Crippen molar-refractivity contribution in [2.45, 2.75) is 19.9 Å². The predicted octanol–water partition coefficient (Wildman–Crippen LogP) is 0.984. The van der Waals surface area contributed by atoms with Gasteiger partial charge in [0.15, 0.2) is 0 Å². The van der Waals surface area contributed by atoms with Crippen molar-refractivity contribution in [3.05, 3.63) is 42.0 Å². The lowest BCUT2D eigenvalue weighted by Gasteiger charge is -2.25. The van der Waals surface area contributed by atoms with Crippen LogP contribution in [0, 0.1) is 11.8 Å². The second-order valence-corrected chi connectivity index (χ2v) is 9.07. The monoisotopic (exact) mass is 375 g/mol. The molecular formula is C17H21N5O3S. The Kier molecular flexibility index (Phi) is 4.28. The smallest absolute Gasteiger partial charge is 0.293 e. The largest absolute Gasteiger partial charge is 0.319 e. The lowest BCUT2D eigenvalue weighted by atomic mass is 9.89. The molecule has 2 atom stereocenters. The fourth-order valence-corrected chi connectivity index (χ4v) is 4.97. The van der Waals surface area contributed by atoms with Crippen molar-refractivity contribution in [3.63, 3.8) is 0 Å². The van der Waals surface area contributed by atoms with Gasteiger partial charge in [0.05, 0.1) is 5.75 Å². The summed E-state index contributed by atoms with van der Waals surface area (Å²) < 4.78 is 27.7. The van der Waals surface area contributed by atoms with E-state index in [4.69, 9.17) is 0 Å². The zero-order valence-corrected chi connectivity index (χ0v) is 15.3. The molecule has 1 aromatic carbocycles. The number of hydrogen-bond acceptors (Lipinski definition) is 5. The molecule has 2 aliphatic rings. The first-order valence-corrected chi connectivity index (χ1v) is 10.3. The third-order valence-corrected chi connectivity index (χ3v) is 7.04. The van der Waals surface area contributed by atoms with Gasteiger partial charge in [-0.2, -0.15) is 0 Å². The van der Waals surface area contributed by atoms with Gasteiger partial charge in [-0.3, -0.25) is 4.79 Å². The molecule has 0 aliphatic carbocycles. The zero-order valence-electron chi connectivity index (χ0n) is 14.5. The molecule has 1 amide bonds. The van der Waals surface area contributed by atoms with Gasteiger partial charge in [-0.05, 0) is 30.9 Å². The van der Waals surface area contributed by atoms with Gasteiger partial charge in [0.2, 0.25) is 15.8 Å². The first-order chi connectivity index (χ1) is 12.5. The van der Waals surface area contributed by atoms with Crippen molar-refractivity contribution in [1.29, 1.82) is 0 Å². The first-order valence-electron chi connectivity index (χ1n) is 8.74. The average Bonchev–Trinajstić information content (AvgIpc) is 3.24. The van der Waals surface area contributed by atoms with Crippen LogP contribution in [0.4, 0.5) is 5.69 Å². The van der Waals surface area contributed by atoms with Crippen LogP contribution in [0.5, 0.6) is 0 Å². The van der Waals surface area contributed by atoms with E-state index in [9.17, 15) is 13.2 Å². The van der Waals surface area contributed by atoms with Crippen LogP contribution < -0.4 is 5.32 Å². The molecule has 1 N–H and O–H groups in total. The number of anilines is 1. The van der Waals surface area contributed by atoms with E-state index in [0.29, 0.717) is 31.7 Å². The van der Waals surface area contributed by atoms with Crippen molar-refractivity contribution in [2.75, 3.05) is 24.2 Å². The number of fused-ring (bicyclic) bond motifs is 2. The van der Waals surface area contributed by atoms with Crippen molar-refractivity contribution < 1.29 is 13.2 Å². The van der Waals surface area contributed by atoms with Crippen LogP contribution in [0.3, 0.4) is 0 Å². The molecule has 0 saturated carbocycles. The summed E-state index contributed by atoms with van der Waals surface area (Å²) in [4.78, 5) is 12.6. The van der Waals surface area contributed by atoms with Crippen molar-refractivity contribution in [1.82, 2.24) is 19.1 Å². The molecule has 1 saturated heterocycles. The molecule has 0 bridgehead atoms. The number of para-hydroxylation sites is 1. The second-order valence-electron chi connectivity index (χ2n) is 6.81. The Morgan fingerprint density at radius 2 is 1.88 bits per heavy atom. The van der Waals surface area contributed by atoms with Gasteiger partial charge in [0, 0.05) is 31.7 Å². The van der Waals surface area contributed by atoms with E-state index in [0.717, 1.165) is 5.82 Å². The molecule has 1 aromatic heterocycles. The Balaban J connectivity index is 1.53. The average molecular weight is 375 g/mol. The number of nitrogens with one attached hydrogen (secondary N) is 1. The quantitative estimate of drug-likeness (QED) is 0.859. The highest BCUT2D eigenvalue weighted by molar-refractivity contribution is 7.89. The highest BCUT2D eigenvalue weighted by Crippen LogP contribution is 2.34. The van der Waals surface area contributed by atoms with E-state index in [1.165, 1.54) is 0 Å². The van der Waals surface area contributed by atoms with Crippen LogP contribution in [0.2, 0.25) is 0 Å². The number of hydrogen-bond donors (Lipinski definition) is 1. The number of aromatic nitrogens is 3. The lowest BCUT2D eigenvalue weighted by Crippen LogP contribution is -2.31. The number of rotatable bonds is 4. The molecule has 1 fully saturated rings. The molecule has 9 heteroatoms. The molecule has 0 radical (unpaired) electrons. The lowest BCUT2D eigenvalue weighted by molar-refractivity contribution is 0.100. The van der Waals surface area contributed by atoms with E-state index in [1.807, 2.05) is 34.9 Å². The summed E-state index contributed by atoms with van der Waals surface area (Å²) in [6.45, 7) is 3.26. The number of sulfonamides is 1. The van der Waals surface area contributed by atoms with Crippen LogP contribution in [0.1, 0.15) is 23.4 Å². The van der Waals surface area contributed by atoms with Crippen LogP contribution in [0.15, 0.2) is 30.3 Å². The molecule has 3 heterocycles. The SMILES string of the molecule is CCS(=O)(=O)N1C[C@H]2Cc3nnc(C(=O)Nc4ccccc4)n3C[C@@H]2C1. The Bertz CT molecular complexity index is 925. The van der Waals surface area contributed by atoms with Gasteiger partial charge >= 0.3 is 0 Å². The molecule has 26 heavy (non-hydrogen) atoms. The maximum Gasteiger partial charge on any atom is 0.293 e. The van der Waals surface area contributed by atoms with E-state index < -0.39 is 10.0 Å². The normalized spacial score (nSPS) is 22.7. The summed E-state index contributed by atoms with van der Waals surface area (Å²) >= 11 is 0. The van der Waals surface area contributed by atoms with E-state index in [2.05, 4.69) is 15.5 Å². The van der Waals surface area contributed by atoms with Gasteiger partial charge in [0.1, 0.15) is 5.82 Å². The molecule has 0 unspecified atom stereocenters. The molecule has 8 nitrogen and oxygen atoms in total. The Labute approximate surface area is 152 Å². The molecule has 4 rings (SSSR count). The predicted molar refractivity (Wildman–Crippen MR) is 96.1 cm³/mol. The molecule has 2 aromatic rings. The van der Waals surface area contributed by atoms with Crippen molar-refractivity contribution in [3.8, 4) is 0 Å². The fraction of sp³-hybridized carbons (Fsp3) is 0.471. The maximum absolute atomic E-state index is 12.6. The van der Waals surface area contributed by atoms with Crippen LogP contribution >= 0.6 is 0 Å². The highest BCUT2D eigenvalue weighted by atomic mass is 32.2. The van der Waals surface area contributed by atoms with Crippen molar-refractivity contribution in [2.24, 2.45) is 11.8 Å². The van der Waals surface area contributed by atoms with Crippen LogP contribution in [0.25, 0.3) is 0 Å². The van der Waals surface area contributed by atoms with E-state index in [-0.39, 0.29) is 29.3 Å². The minimum Gasteiger partial charge on any atom is -0.319 e. The van der Waals surface area contributed by atoms with Crippen molar-refractivity contribution >= 4 is 21.6 Å². The zero-order chi connectivity index (χ0) is 18.3. The second kappa shape index (κ2) is 6.48. The van der Waals surface area contributed by atoms with E-state index >= 15 is 0 Å². The summed E-state index contributed by atoms with van der Waals surface area (Å²) in [7, 11) is -3.18. The minimum absolute atomic E-state index is 0.114. The Morgan fingerprint density at radius 3 is 2.62 bits per heavy atom. The van der Waals surface area contributed by atoms with Gasteiger partial charge in [-0.1, -0.05) is 18.2 Å². The van der Waals surface area contributed by atoms with Gasteiger partial charge in [-0.25, -0.2) is 12.7 Å². The number of carbonyl (C=O) groups is 1. The molecule has 2 aliphatic heterocycles. The topological polar surface area (TPSA) is 97.2 Å². The van der Waals surface area contributed by atoms with E-state index in [1.54, 1.807) is 11.2 Å². The molecule has 0 spiro atoms. The summed E-state index contributed by atoms with van der Waals surface area (Å²) in [6, 6.07) is 9.20. The summed E-state index contributed by atoms with van der Waals surface area (Å²) in [5.74, 6) is 1.26. The fourth-order valence-electron chi connectivity index (χ4n) is 3.77. The maximum atomic E-state index is 12.6. The molecule has 138 valence electrons. The van der Waals surface area contributed by atoms with Gasteiger partial charge in [0.25, 0.3) is 5.91 Å². The van der Waals surface area contributed by atoms with Crippen LogP contribution in [-0.2, 0) is 23.0 Å². The third-order valence-electron chi connectivity index (χ3n) is 5.23. The third kappa shape index (κ3) is 3.01. The summed E-state index contributed by atoms with van der Waals surface area (Å²) in [5, 5.41) is 11.1. The number of amides is 1. The first kappa shape index (κ1) is 17.2. The highest BCUT2D eigenvalue weighted by Gasteiger charge is 2.42. The molecular weight excluding hydrogens is 354 g/mol. The number of nitrogens with zero attached hydrogens (tertiary/aromatic N) is 4. The van der Waals surface area contributed by atoms with Crippen LogP contribution in [-0.4, -0.2) is 52.2 Å². The van der Waals surface area contributed by atoms with Gasteiger partial charge < -0.3 is 9.88 Å².